The number of hydrogen-bond acceptors (Lipinski definition) is 3. The van der Waals surface area contributed by atoms with Gasteiger partial charge in [-0.1, -0.05) is 56.3 Å². The van der Waals surface area contributed by atoms with Crippen LogP contribution in [0.4, 0.5) is 5.69 Å². The zero-order valence-corrected chi connectivity index (χ0v) is 18.3. The first-order valence-electron chi connectivity index (χ1n) is 10.9. The van der Waals surface area contributed by atoms with Crippen molar-refractivity contribution in [1.29, 1.82) is 5.26 Å². The number of amides is 1. The van der Waals surface area contributed by atoms with Crippen LogP contribution in [-0.2, 0) is 9.59 Å². The molecule has 0 saturated heterocycles. The van der Waals surface area contributed by atoms with Crippen molar-refractivity contribution in [3.63, 3.8) is 0 Å². The number of carbonyl (C=O) groups is 2. The van der Waals surface area contributed by atoms with Crippen molar-refractivity contribution < 1.29 is 9.59 Å². The minimum absolute atomic E-state index is 0.0166. The topological polar surface area (TPSA) is 61.2 Å². The number of nitriles is 1. The van der Waals surface area contributed by atoms with Gasteiger partial charge in [-0.25, -0.2) is 0 Å². The number of allylic oxidation sites excluding steroid dienone is 2. The Morgan fingerprint density at radius 2 is 1.66 bits per heavy atom. The number of ketones is 1. The van der Waals surface area contributed by atoms with Crippen LogP contribution in [0.3, 0.4) is 0 Å². The predicted octanol–water partition coefficient (Wildman–Crippen LogP) is 5.88. The Morgan fingerprint density at radius 3 is 2.38 bits per heavy atom. The van der Waals surface area contributed by atoms with E-state index in [-0.39, 0.29) is 29.4 Å². The summed E-state index contributed by atoms with van der Waals surface area (Å²) in [5, 5.41) is 11.4. The maximum Gasteiger partial charge on any atom is 0.232 e. The third-order valence-electron chi connectivity index (χ3n) is 6.57. The molecule has 3 aromatic rings. The smallest absolute Gasteiger partial charge is 0.232 e. The molecule has 4 heteroatoms. The summed E-state index contributed by atoms with van der Waals surface area (Å²) in [5.41, 5.74) is 3.63. The van der Waals surface area contributed by atoms with Crippen molar-refractivity contribution in [1.82, 2.24) is 0 Å². The Balaban J connectivity index is 1.67. The molecule has 0 radical (unpaired) electrons. The quantitative estimate of drug-likeness (QED) is 0.520. The molecule has 1 aliphatic carbocycles. The van der Waals surface area contributed by atoms with Gasteiger partial charge in [-0.05, 0) is 52.4 Å². The average Bonchev–Trinajstić information content (AvgIpc) is 2.77. The van der Waals surface area contributed by atoms with Crippen molar-refractivity contribution in [2.75, 3.05) is 4.90 Å². The monoisotopic (exact) mass is 420 g/mol. The standard InChI is InChI=1S/C28H24N2O2/c1-28(2)15-24-27(25(31)16-28)23(21-10-9-19-5-3-4-6-20(19)13-21)14-26(32)30(24)22-11-7-18(17-29)8-12-22/h3-13,23H,14-16H2,1-2H3. The molecular weight excluding hydrogens is 396 g/mol. The van der Waals surface area contributed by atoms with E-state index in [2.05, 4.69) is 50.2 Å². The van der Waals surface area contributed by atoms with Crippen LogP contribution in [0.15, 0.2) is 78.0 Å². The van der Waals surface area contributed by atoms with Crippen molar-refractivity contribution in [2.45, 2.75) is 39.0 Å². The van der Waals surface area contributed by atoms with Crippen LogP contribution in [0.2, 0.25) is 0 Å². The van der Waals surface area contributed by atoms with Gasteiger partial charge in [0, 0.05) is 35.7 Å². The molecule has 1 heterocycles. The van der Waals surface area contributed by atoms with Gasteiger partial charge < -0.3 is 0 Å². The van der Waals surface area contributed by atoms with Gasteiger partial charge >= 0.3 is 0 Å². The fourth-order valence-electron chi connectivity index (χ4n) is 5.11. The average molecular weight is 421 g/mol. The van der Waals surface area contributed by atoms with Crippen molar-refractivity contribution >= 4 is 28.2 Å². The summed E-state index contributed by atoms with van der Waals surface area (Å²) in [6, 6.07) is 23.5. The summed E-state index contributed by atoms with van der Waals surface area (Å²) in [6.07, 6.45) is 1.39. The SMILES string of the molecule is CC1(C)CC(=O)C2=C(C1)N(c1ccc(C#N)cc1)C(=O)CC2c1ccc2ccccc2c1. The molecule has 0 bridgehead atoms. The summed E-state index contributed by atoms with van der Waals surface area (Å²) in [6.45, 7) is 4.16. The molecule has 1 atom stereocenters. The van der Waals surface area contributed by atoms with E-state index < -0.39 is 0 Å². The maximum atomic E-state index is 13.5. The maximum absolute atomic E-state index is 13.5. The molecule has 0 aromatic heterocycles. The Hall–Kier alpha value is -3.71. The fraction of sp³-hybridized carbons (Fsp3) is 0.250. The number of hydrogen-bond donors (Lipinski definition) is 0. The summed E-state index contributed by atoms with van der Waals surface area (Å²) >= 11 is 0. The fourth-order valence-corrected chi connectivity index (χ4v) is 5.11. The molecule has 1 aliphatic heterocycles. The highest BCUT2D eigenvalue weighted by molar-refractivity contribution is 6.08. The second kappa shape index (κ2) is 7.46. The lowest BCUT2D eigenvalue weighted by atomic mass is 9.69. The highest BCUT2D eigenvalue weighted by atomic mass is 16.2. The molecule has 0 spiro atoms. The molecule has 158 valence electrons. The van der Waals surface area contributed by atoms with Crippen LogP contribution < -0.4 is 4.90 Å². The first kappa shape index (κ1) is 20.2. The molecular formula is C28H24N2O2. The number of nitrogens with zero attached hydrogens (tertiary/aromatic N) is 2. The minimum atomic E-state index is -0.236. The lowest BCUT2D eigenvalue weighted by Crippen LogP contribution is -2.43. The molecule has 4 nitrogen and oxygen atoms in total. The van der Waals surface area contributed by atoms with Crippen LogP contribution in [0.25, 0.3) is 10.8 Å². The Kier molecular flexibility index (Phi) is 4.71. The van der Waals surface area contributed by atoms with Crippen LogP contribution in [0, 0.1) is 16.7 Å². The number of Topliss-reactive ketones (excluding diaryl/α,β-unsaturated/α-hetero) is 1. The number of carbonyl (C=O) groups excluding carboxylic acids is 2. The Bertz CT molecular complexity index is 1330. The van der Waals surface area contributed by atoms with E-state index >= 15 is 0 Å². The second-order valence-corrected chi connectivity index (χ2v) is 9.55. The number of anilines is 1. The Morgan fingerprint density at radius 1 is 0.938 bits per heavy atom. The van der Waals surface area contributed by atoms with Gasteiger partial charge in [0.1, 0.15) is 0 Å². The van der Waals surface area contributed by atoms with Gasteiger partial charge in [0.25, 0.3) is 0 Å². The highest BCUT2D eigenvalue weighted by Gasteiger charge is 2.44. The van der Waals surface area contributed by atoms with Gasteiger partial charge in [-0.15, -0.1) is 0 Å². The molecule has 3 aromatic carbocycles. The molecule has 5 rings (SSSR count). The zero-order chi connectivity index (χ0) is 22.5. The zero-order valence-electron chi connectivity index (χ0n) is 18.3. The van der Waals surface area contributed by atoms with E-state index in [0.29, 0.717) is 24.1 Å². The van der Waals surface area contributed by atoms with Gasteiger partial charge in [0.2, 0.25) is 5.91 Å². The van der Waals surface area contributed by atoms with Crippen molar-refractivity contribution in [3.8, 4) is 6.07 Å². The normalized spacial score (nSPS) is 20.3. The lowest BCUT2D eigenvalue weighted by molar-refractivity contribution is -0.121. The van der Waals surface area contributed by atoms with E-state index in [9.17, 15) is 9.59 Å². The van der Waals surface area contributed by atoms with E-state index in [0.717, 1.165) is 27.6 Å². The summed E-state index contributed by atoms with van der Waals surface area (Å²) in [7, 11) is 0. The van der Waals surface area contributed by atoms with Gasteiger partial charge in [0.15, 0.2) is 5.78 Å². The summed E-state index contributed by atoms with van der Waals surface area (Å²) < 4.78 is 0. The van der Waals surface area contributed by atoms with E-state index in [1.54, 1.807) is 29.2 Å². The van der Waals surface area contributed by atoms with Crippen LogP contribution in [-0.4, -0.2) is 11.7 Å². The number of fused-ring (bicyclic) bond motifs is 1. The van der Waals surface area contributed by atoms with E-state index in [4.69, 9.17) is 5.26 Å². The Labute approximate surface area is 187 Å². The predicted molar refractivity (Wildman–Crippen MR) is 125 cm³/mol. The van der Waals surface area contributed by atoms with Gasteiger partial charge in [0.05, 0.1) is 11.6 Å². The third kappa shape index (κ3) is 3.40. The molecule has 0 fully saturated rings. The summed E-state index contributed by atoms with van der Waals surface area (Å²) in [4.78, 5) is 28.6. The van der Waals surface area contributed by atoms with Gasteiger partial charge in [-0.3, -0.25) is 14.5 Å². The minimum Gasteiger partial charge on any atom is -0.294 e. The van der Waals surface area contributed by atoms with Crippen molar-refractivity contribution in [3.05, 3.63) is 89.1 Å². The molecule has 0 N–H and O–H groups in total. The summed E-state index contributed by atoms with van der Waals surface area (Å²) in [5.74, 6) is -0.127. The number of benzene rings is 3. The molecule has 0 saturated carbocycles. The van der Waals surface area contributed by atoms with Crippen LogP contribution >= 0.6 is 0 Å². The third-order valence-corrected chi connectivity index (χ3v) is 6.57. The second-order valence-electron chi connectivity index (χ2n) is 9.55. The highest BCUT2D eigenvalue weighted by Crippen LogP contribution is 2.48. The number of rotatable bonds is 2. The van der Waals surface area contributed by atoms with Crippen LogP contribution in [0.1, 0.15) is 50.2 Å². The lowest BCUT2D eigenvalue weighted by Gasteiger charge is -2.43. The van der Waals surface area contributed by atoms with E-state index in [1.165, 1.54) is 0 Å². The molecule has 2 aliphatic rings. The molecule has 1 unspecified atom stereocenters. The van der Waals surface area contributed by atoms with Crippen molar-refractivity contribution in [2.24, 2.45) is 5.41 Å². The van der Waals surface area contributed by atoms with Gasteiger partial charge in [-0.2, -0.15) is 5.26 Å². The largest absolute Gasteiger partial charge is 0.294 e. The first-order valence-corrected chi connectivity index (χ1v) is 10.9. The van der Waals surface area contributed by atoms with E-state index in [1.807, 2.05) is 12.1 Å². The first-order chi connectivity index (χ1) is 15.4. The van der Waals surface area contributed by atoms with Crippen LogP contribution in [0.5, 0.6) is 0 Å². The molecule has 32 heavy (non-hydrogen) atoms. The molecule has 1 amide bonds.